The molecule has 35 heavy (non-hydrogen) atoms. The molecule has 5 heteroatoms. The summed E-state index contributed by atoms with van der Waals surface area (Å²) in [6.45, 7) is 0.549. The Kier molecular flexibility index (Phi) is 6.85. The third kappa shape index (κ3) is 5.58. The van der Waals surface area contributed by atoms with Crippen molar-refractivity contribution in [3.63, 3.8) is 0 Å². The molecule has 0 aliphatic rings. The maximum Gasteiger partial charge on any atom is 0.220 e. The summed E-state index contributed by atoms with van der Waals surface area (Å²) >= 11 is 0. The highest BCUT2D eigenvalue weighted by Crippen LogP contribution is 2.35. The number of rotatable bonds is 9. The van der Waals surface area contributed by atoms with Gasteiger partial charge in [0, 0.05) is 54.3 Å². The molecule has 5 nitrogen and oxygen atoms in total. The van der Waals surface area contributed by atoms with Crippen molar-refractivity contribution in [1.29, 1.82) is 0 Å². The standard InChI is InChI=1S/C30H27N3O2/c34-30(32-18-16-23-10-6-7-17-31-23)20-27(28-21-33-29-15-5-4-14-26(28)29)22-9-8-13-25(19-22)35-24-11-2-1-3-12-24/h1-15,17,19,21,27,33H,16,18,20H2,(H,32,34). The first-order valence-electron chi connectivity index (χ1n) is 11.8. The first-order valence-corrected chi connectivity index (χ1v) is 11.8. The molecule has 1 unspecified atom stereocenters. The Bertz CT molecular complexity index is 1400. The monoisotopic (exact) mass is 461 g/mol. The average Bonchev–Trinajstić information content (AvgIpc) is 3.33. The summed E-state index contributed by atoms with van der Waals surface area (Å²) in [7, 11) is 0. The maximum absolute atomic E-state index is 13.1. The third-order valence-corrected chi connectivity index (χ3v) is 6.06. The van der Waals surface area contributed by atoms with E-state index in [1.165, 1.54) is 0 Å². The summed E-state index contributed by atoms with van der Waals surface area (Å²) in [4.78, 5) is 20.7. The molecule has 0 radical (unpaired) electrons. The Labute approximate surface area is 204 Å². The molecule has 1 atom stereocenters. The molecule has 2 N–H and O–H groups in total. The van der Waals surface area contributed by atoms with Crippen molar-refractivity contribution in [3.8, 4) is 11.5 Å². The first-order chi connectivity index (χ1) is 17.3. The lowest BCUT2D eigenvalue weighted by Crippen LogP contribution is -2.27. The highest BCUT2D eigenvalue weighted by atomic mass is 16.5. The van der Waals surface area contributed by atoms with Crippen molar-refractivity contribution in [2.75, 3.05) is 6.54 Å². The van der Waals surface area contributed by atoms with Gasteiger partial charge in [-0.3, -0.25) is 9.78 Å². The molecule has 0 bridgehead atoms. The zero-order valence-corrected chi connectivity index (χ0v) is 19.4. The van der Waals surface area contributed by atoms with Gasteiger partial charge in [-0.05, 0) is 53.6 Å². The zero-order chi connectivity index (χ0) is 23.9. The number of ether oxygens (including phenoxy) is 1. The van der Waals surface area contributed by atoms with E-state index in [0.717, 1.165) is 39.2 Å². The molecule has 5 rings (SSSR count). The number of carbonyl (C=O) groups excluding carboxylic acids is 1. The van der Waals surface area contributed by atoms with Crippen LogP contribution in [0.25, 0.3) is 10.9 Å². The second-order valence-electron chi connectivity index (χ2n) is 8.45. The van der Waals surface area contributed by atoms with Gasteiger partial charge in [0.2, 0.25) is 5.91 Å². The number of hydrogen-bond acceptors (Lipinski definition) is 3. The van der Waals surface area contributed by atoms with Gasteiger partial charge >= 0.3 is 0 Å². The molecular weight excluding hydrogens is 434 g/mol. The van der Waals surface area contributed by atoms with E-state index >= 15 is 0 Å². The summed E-state index contributed by atoms with van der Waals surface area (Å²) in [6, 6.07) is 31.7. The number of nitrogens with one attached hydrogen (secondary N) is 2. The van der Waals surface area contributed by atoms with Crippen LogP contribution in [-0.2, 0) is 11.2 Å². The van der Waals surface area contributed by atoms with E-state index in [9.17, 15) is 4.79 Å². The van der Waals surface area contributed by atoms with E-state index in [0.29, 0.717) is 19.4 Å². The number of pyridine rings is 1. The molecule has 0 fully saturated rings. The number of amides is 1. The predicted molar refractivity (Wildman–Crippen MR) is 139 cm³/mol. The second kappa shape index (κ2) is 10.7. The van der Waals surface area contributed by atoms with Crippen molar-refractivity contribution in [1.82, 2.24) is 15.3 Å². The number of nitrogens with zero attached hydrogens (tertiary/aromatic N) is 1. The van der Waals surface area contributed by atoms with Gasteiger partial charge in [0.1, 0.15) is 11.5 Å². The highest BCUT2D eigenvalue weighted by molar-refractivity contribution is 5.86. The largest absolute Gasteiger partial charge is 0.457 e. The van der Waals surface area contributed by atoms with Crippen molar-refractivity contribution < 1.29 is 9.53 Å². The van der Waals surface area contributed by atoms with Gasteiger partial charge in [0.05, 0.1) is 0 Å². The zero-order valence-electron chi connectivity index (χ0n) is 19.4. The number of aromatic nitrogens is 2. The van der Waals surface area contributed by atoms with Crippen LogP contribution in [0, 0.1) is 0 Å². The fraction of sp³-hybridized carbons (Fsp3) is 0.133. The number of benzene rings is 3. The van der Waals surface area contributed by atoms with Crippen LogP contribution in [-0.4, -0.2) is 22.4 Å². The Balaban J connectivity index is 1.38. The lowest BCUT2D eigenvalue weighted by atomic mass is 9.88. The third-order valence-electron chi connectivity index (χ3n) is 6.06. The van der Waals surface area contributed by atoms with Crippen molar-refractivity contribution in [2.24, 2.45) is 0 Å². The SMILES string of the molecule is O=C(CC(c1cccc(Oc2ccccc2)c1)c1c[nH]c2ccccc12)NCCc1ccccn1. The van der Waals surface area contributed by atoms with Crippen LogP contribution >= 0.6 is 0 Å². The fourth-order valence-corrected chi connectivity index (χ4v) is 4.34. The van der Waals surface area contributed by atoms with Gasteiger partial charge < -0.3 is 15.0 Å². The van der Waals surface area contributed by atoms with Gasteiger partial charge in [0.15, 0.2) is 0 Å². The van der Waals surface area contributed by atoms with E-state index in [2.05, 4.69) is 33.5 Å². The van der Waals surface area contributed by atoms with Crippen LogP contribution in [0.3, 0.4) is 0 Å². The molecule has 5 aromatic rings. The predicted octanol–water partition coefficient (Wildman–Crippen LogP) is 6.24. The Morgan fingerprint density at radius 2 is 1.69 bits per heavy atom. The highest BCUT2D eigenvalue weighted by Gasteiger charge is 2.22. The van der Waals surface area contributed by atoms with Crippen molar-refractivity contribution in [3.05, 3.63) is 126 Å². The van der Waals surface area contributed by atoms with Gasteiger partial charge in [-0.25, -0.2) is 0 Å². The van der Waals surface area contributed by atoms with Crippen LogP contribution in [0.4, 0.5) is 0 Å². The molecule has 0 aliphatic carbocycles. The lowest BCUT2D eigenvalue weighted by molar-refractivity contribution is -0.121. The summed E-state index contributed by atoms with van der Waals surface area (Å²) < 4.78 is 6.08. The molecule has 0 saturated heterocycles. The molecule has 3 aromatic carbocycles. The van der Waals surface area contributed by atoms with Crippen LogP contribution in [0.1, 0.15) is 29.2 Å². The Morgan fingerprint density at radius 3 is 2.54 bits per heavy atom. The first kappa shape index (κ1) is 22.4. The smallest absolute Gasteiger partial charge is 0.220 e. The normalized spacial score (nSPS) is 11.8. The molecule has 1 amide bonds. The minimum absolute atomic E-state index is 0.00518. The number of carbonyl (C=O) groups is 1. The fourth-order valence-electron chi connectivity index (χ4n) is 4.34. The van der Waals surface area contributed by atoms with E-state index < -0.39 is 0 Å². The minimum Gasteiger partial charge on any atom is -0.457 e. The van der Waals surface area contributed by atoms with E-state index in [-0.39, 0.29) is 11.8 Å². The summed E-state index contributed by atoms with van der Waals surface area (Å²) in [5, 5.41) is 4.19. The molecule has 0 saturated carbocycles. The van der Waals surface area contributed by atoms with Gasteiger partial charge in [0.25, 0.3) is 0 Å². The molecule has 2 aromatic heterocycles. The van der Waals surface area contributed by atoms with Crippen LogP contribution < -0.4 is 10.1 Å². The number of para-hydroxylation sites is 2. The van der Waals surface area contributed by atoms with Crippen molar-refractivity contribution >= 4 is 16.8 Å². The number of aromatic amines is 1. The molecular formula is C30H27N3O2. The van der Waals surface area contributed by atoms with Gasteiger partial charge in [-0.1, -0.05) is 54.6 Å². The quantitative estimate of drug-likeness (QED) is 0.273. The van der Waals surface area contributed by atoms with Crippen LogP contribution in [0.5, 0.6) is 11.5 Å². The van der Waals surface area contributed by atoms with Gasteiger partial charge in [-0.2, -0.15) is 0 Å². The second-order valence-corrected chi connectivity index (χ2v) is 8.45. The van der Waals surface area contributed by atoms with E-state index in [1.807, 2.05) is 85.1 Å². The van der Waals surface area contributed by atoms with E-state index in [4.69, 9.17) is 4.74 Å². The number of fused-ring (bicyclic) bond motifs is 1. The van der Waals surface area contributed by atoms with Crippen LogP contribution in [0.15, 0.2) is 109 Å². The Hall–Kier alpha value is -4.38. The summed E-state index contributed by atoms with van der Waals surface area (Å²) in [5.41, 5.74) is 4.15. The topological polar surface area (TPSA) is 67.0 Å². The van der Waals surface area contributed by atoms with E-state index in [1.54, 1.807) is 6.20 Å². The number of H-pyrrole nitrogens is 1. The molecule has 0 spiro atoms. The average molecular weight is 462 g/mol. The summed E-state index contributed by atoms with van der Waals surface area (Å²) in [6.07, 6.45) is 4.82. The van der Waals surface area contributed by atoms with Crippen LogP contribution in [0.2, 0.25) is 0 Å². The molecule has 0 aliphatic heterocycles. The minimum atomic E-state index is -0.125. The Morgan fingerprint density at radius 1 is 0.886 bits per heavy atom. The van der Waals surface area contributed by atoms with Crippen molar-refractivity contribution in [2.45, 2.75) is 18.8 Å². The molecule has 174 valence electrons. The maximum atomic E-state index is 13.1. The number of hydrogen-bond donors (Lipinski definition) is 2. The lowest BCUT2D eigenvalue weighted by Gasteiger charge is -2.18. The summed E-state index contributed by atoms with van der Waals surface area (Å²) in [5.74, 6) is 1.40. The van der Waals surface area contributed by atoms with Gasteiger partial charge in [-0.15, -0.1) is 0 Å². The molecule has 2 heterocycles.